The third kappa shape index (κ3) is 1.75. The molecule has 9 nitrogen and oxygen atoms in total. The normalized spacial score (nSPS) is 31.1. The predicted molar refractivity (Wildman–Crippen MR) is 62.8 cm³/mol. The molecule has 0 saturated carbocycles. The Morgan fingerprint density at radius 3 is 2.74 bits per heavy atom. The highest BCUT2D eigenvalue weighted by molar-refractivity contribution is 5.85. The van der Waals surface area contributed by atoms with Crippen LogP contribution in [0.2, 0.25) is 0 Å². The Morgan fingerprint density at radius 1 is 1.26 bits per heavy atom. The lowest BCUT2D eigenvalue weighted by atomic mass is 10.1. The molecule has 3 rings (SSSR count). The molecule has 2 aromatic heterocycles. The van der Waals surface area contributed by atoms with Gasteiger partial charge in [-0.1, -0.05) is 0 Å². The van der Waals surface area contributed by atoms with Gasteiger partial charge in [-0.05, 0) is 0 Å². The number of H-pyrrole nitrogens is 1. The van der Waals surface area contributed by atoms with E-state index < -0.39 is 31.0 Å². The van der Waals surface area contributed by atoms with Crippen molar-refractivity contribution >= 4 is 16.9 Å². The molecule has 0 aromatic carbocycles. The molecule has 0 radical (unpaired) electrons. The number of fused-ring (bicyclic) bond motifs is 1. The summed E-state index contributed by atoms with van der Waals surface area (Å²) in [6.07, 6.45) is -2.79. The van der Waals surface area contributed by atoms with Crippen LogP contribution in [0.25, 0.3) is 11.0 Å². The van der Waals surface area contributed by atoms with Gasteiger partial charge < -0.3 is 25.8 Å². The van der Waals surface area contributed by atoms with E-state index in [1.165, 1.54) is 6.33 Å². The summed E-state index contributed by atoms with van der Waals surface area (Å²) >= 11 is 0. The number of nitrogens with zero attached hydrogens (tertiary/aromatic N) is 3. The van der Waals surface area contributed by atoms with E-state index in [0.29, 0.717) is 16.7 Å². The molecule has 19 heavy (non-hydrogen) atoms. The number of aromatic amines is 1. The zero-order valence-corrected chi connectivity index (χ0v) is 9.76. The Hall–Kier alpha value is -1.81. The molecule has 1 fully saturated rings. The van der Waals surface area contributed by atoms with Crippen LogP contribution in [0.1, 0.15) is 11.8 Å². The number of anilines is 1. The van der Waals surface area contributed by atoms with Crippen molar-refractivity contribution in [2.75, 3.05) is 12.3 Å². The topological polar surface area (TPSA) is 150 Å². The first-order valence-electron chi connectivity index (χ1n) is 5.70. The predicted octanol–water partition coefficient (Wildman–Crippen LogP) is -1.91. The smallest absolute Gasteiger partial charge is 0.155 e. The van der Waals surface area contributed by atoms with Gasteiger partial charge in [-0.25, -0.2) is 9.97 Å². The fourth-order valence-corrected chi connectivity index (χ4v) is 2.21. The summed E-state index contributed by atoms with van der Waals surface area (Å²) in [6.45, 7) is -0.391. The van der Waals surface area contributed by atoms with E-state index in [1.54, 1.807) is 0 Å². The van der Waals surface area contributed by atoms with Gasteiger partial charge >= 0.3 is 0 Å². The van der Waals surface area contributed by atoms with E-state index in [9.17, 15) is 10.2 Å². The molecule has 6 N–H and O–H groups in total. The Morgan fingerprint density at radius 2 is 2.05 bits per heavy atom. The Balaban J connectivity index is 2.04. The molecule has 1 aliphatic heterocycles. The largest absolute Gasteiger partial charge is 0.394 e. The van der Waals surface area contributed by atoms with Gasteiger partial charge in [0.2, 0.25) is 0 Å². The van der Waals surface area contributed by atoms with Crippen molar-refractivity contribution < 1.29 is 20.1 Å². The number of rotatable bonds is 2. The summed E-state index contributed by atoms with van der Waals surface area (Å²) in [5, 5.41) is 35.4. The molecule has 102 valence electrons. The van der Waals surface area contributed by atoms with E-state index in [2.05, 4.69) is 20.2 Å². The maximum Gasteiger partial charge on any atom is 0.155 e. The van der Waals surface area contributed by atoms with Crippen molar-refractivity contribution in [1.29, 1.82) is 0 Å². The number of nitrogens with two attached hydrogens (primary N) is 1. The van der Waals surface area contributed by atoms with Crippen molar-refractivity contribution in [1.82, 2.24) is 20.2 Å². The zero-order chi connectivity index (χ0) is 13.6. The van der Waals surface area contributed by atoms with Gasteiger partial charge in [0.05, 0.1) is 12.3 Å². The fraction of sp³-hybridized carbons (Fsp3) is 0.500. The minimum Gasteiger partial charge on any atom is -0.394 e. The van der Waals surface area contributed by atoms with Crippen LogP contribution in [0.15, 0.2) is 6.33 Å². The molecule has 0 unspecified atom stereocenters. The van der Waals surface area contributed by atoms with Gasteiger partial charge in [0.25, 0.3) is 0 Å². The number of aromatic nitrogens is 4. The molecule has 0 spiro atoms. The van der Waals surface area contributed by atoms with Crippen LogP contribution in [-0.2, 0) is 4.74 Å². The summed E-state index contributed by atoms with van der Waals surface area (Å²) in [6, 6.07) is 0. The van der Waals surface area contributed by atoms with Crippen LogP contribution < -0.4 is 5.73 Å². The van der Waals surface area contributed by atoms with Crippen molar-refractivity contribution in [2.45, 2.75) is 24.4 Å². The number of aliphatic hydroxyl groups excluding tert-OH is 3. The minimum absolute atomic E-state index is 0.208. The van der Waals surface area contributed by atoms with Crippen molar-refractivity contribution in [2.24, 2.45) is 0 Å². The summed E-state index contributed by atoms with van der Waals surface area (Å²) in [5.41, 5.74) is 6.84. The van der Waals surface area contributed by atoms with Crippen LogP contribution >= 0.6 is 0 Å². The second-order valence-corrected chi connectivity index (χ2v) is 4.35. The van der Waals surface area contributed by atoms with E-state index in [1.807, 2.05) is 0 Å². The average molecular weight is 267 g/mol. The van der Waals surface area contributed by atoms with Gasteiger partial charge in [0, 0.05) is 0 Å². The summed E-state index contributed by atoms with van der Waals surface area (Å²) < 4.78 is 5.40. The highest BCUT2D eigenvalue weighted by atomic mass is 16.6. The molecule has 1 aliphatic rings. The van der Waals surface area contributed by atoms with Crippen LogP contribution in [0.4, 0.5) is 5.82 Å². The van der Waals surface area contributed by atoms with Crippen LogP contribution in [0.3, 0.4) is 0 Å². The quantitative estimate of drug-likeness (QED) is 0.423. The van der Waals surface area contributed by atoms with Crippen LogP contribution in [-0.4, -0.2) is 60.4 Å². The van der Waals surface area contributed by atoms with E-state index in [4.69, 9.17) is 15.6 Å². The maximum absolute atomic E-state index is 9.95. The van der Waals surface area contributed by atoms with Crippen molar-refractivity contribution in [3.8, 4) is 0 Å². The van der Waals surface area contributed by atoms with Crippen LogP contribution in [0, 0.1) is 0 Å². The SMILES string of the molecule is Nc1ncnc2c([C@H]3O[C@@H](CO)[C@H](O)[C@H]3O)[nH]nc12. The van der Waals surface area contributed by atoms with Gasteiger partial charge in [0.15, 0.2) is 11.3 Å². The summed E-state index contributed by atoms with van der Waals surface area (Å²) in [7, 11) is 0. The Kier molecular flexibility index (Phi) is 2.82. The Labute approximate surface area is 107 Å². The van der Waals surface area contributed by atoms with E-state index in [-0.39, 0.29) is 5.82 Å². The monoisotopic (exact) mass is 267 g/mol. The fourth-order valence-electron chi connectivity index (χ4n) is 2.21. The van der Waals surface area contributed by atoms with Gasteiger partial charge in [-0.15, -0.1) is 0 Å². The molecule has 0 bridgehead atoms. The minimum atomic E-state index is -1.18. The Bertz CT molecular complexity index is 603. The number of nitrogens with one attached hydrogen (secondary N) is 1. The summed E-state index contributed by atoms with van der Waals surface area (Å²) in [5.74, 6) is 0.208. The second-order valence-electron chi connectivity index (χ2n) is 4.35. The first-order valence-corrected chi connectivity index (χ1v) is 5.70. The van der Waals surface area contributed by atoms with Gasteiger partial charge in [-0.2, -0.15) is 5.10 Å². The van der Waals surface area contributed by atoms with Crippen LogP contribution in [0.5, 0.6) is 0 Å². The third-order valence-electron chi connectivity index (χ3n) is 3.22. The number of hydrogen-bond acceptors (Lipinski definition) is 8. The third-order valence-corrected chi connectivity index (χ3v) is 3.22. The maximum atomic E-state index is 9.95. The molecule has 0 aliphatic carbocycles. The molecule has 2 aromatic rings. The van der Waals surface area contributed by atoms with E-state index in [0.717, 1.165) is 0 Å². The second kappa shape index (κ2) is 4.38. The first kappa shape index (κ1) is 12.2. The molecule has 9 heteroatoms. The number of nitrogen functional groups attached to an aromatic ring is 1. The van der Waals surface area contributed by atoms with Crippen molar-refractivity contribution in [3.05, 3.63) is 12.0 Å². The molecular formula is C10H13N5O4. The molecule has 1 saturated heterocycles. The van der Waals surface area contributed by atoms with E-state index >= 15 is 0 Å². The lowest BCUT2D eigenvalue weighted by Gasteiger charge is -2.12. The number of aliphatic hydroxyl groups is 3. The summed E-state index contributed by atoms with van der Waals surface area (Å²) in [4.78, 5) is 7.84. The highest BCUT2D eigenvalue weighted by Gasteiger charge is 2.44. The molecule has 4 atom stereocenters. The molecule has 3 heterocycles. The standard InChI is InChI=1S/C10H13N5O4/c11-10-6-4(12-2-13-10)5(14-15-6)9-8(18)7(17)3(1-16)19-9/h2-3,7-9,16-18H,1H2,(H,14,15)(H2,11,12,13)/t3-,7-,8+,9+/m0/s1. The molecular weight excluding hydrogens is 254 g/mol. The number of hydrogen-bond donors (Lipinski definition) is 5. The lowest BCUT2D eigenvalue weighted by Crippen LogP contribution is -2.32. The van der Waals surface area contributed by atoms with Gasteiger partial charge in [0.1, 0.15) is 36.3 Å². The highest BCUT2D eigenvalue weighted by Crippen LogP contribution is 2.35. The molecule has 0 amide bonds. The van der Waals surface area contributed by atoms with Gasteiger partial charge in [-0.3, -0.25) is 5.10 Å². The zero-order valence-electron chi connectivity index (χ0n) is 9.76. The average Bonchev–Trinajstić information content (AvgIpc) is 2.94. The lowest BCUT2D eigenvalue weighted by molar-refractivity contribution is -0.0236. The number of ether oxygens (including phenoxy) is 1. The van der Waals surface area contributed by atoms with Crippen molar-refractivity contribution in [3.63, 3.8) is 0 Å². The first-order chi connectivity index (χ1) is 9.13.